The van der Waals surface area contributed by atoms with Crippen LogP contribution in [0.15, 0.2) is 60.7 Å². The summed E-state index contributed by atoms with van der Waals surface area (Å²) in [5.41, 5.74) is 4.44. The molecule has 0 atom stereocenters. The lowest BCUT2D eigenvalue weighted by Gasteiger charge is -2.37. The molecule has 1 amide bonds. The van der Waals surface area contributed by atoms with Crippen LogP contribution in [0.3, 0.4) is 0 Å². The maximum atomic E-state index is 12.7. The molecule has 1 fully saturated rings. The number of carbonyl (C=O) groups excluding carboxylic acids is 1. The number of benzene rings is 2. The zero-order valence-corrected chi connectivity index (χ0v) is 20.2. The summed E-state index contributed by atoms with van der Waals surface area (Å²) in [6.07, 6.45) is 1.37. The van der Waals surface area contributed by atoms with E-state index in [-0.39, 0.29) is 11.3 Å². The van der Waals surface area contributed by atoms with Crippen molar-refractivity contribution < 1.29 is 4.79 Å². The number of nitrogens with zero attached hydrogens (tertiary/aromatic N) is 4. The van der Waals surface area contributed by atoms with Gasteiger partial charge in [0.15, 0.2) is 5.82 Å². The van der Waals surface area contributed by atoms with E-state index in [2.05, 4.69) is 69.0 Å². The molecular formula is C28H34N4O. The maximum absolute atomic E-state index is 12.7. The number of piperazine rings is 1. The number of amides is 1. The number of hydrogen-bond donors (Lipinski definition) is 0. The lowest BCUT2D eigenvalue weighted by Crippen LogP contribution is -2.50. The van der Waals surface area contributed by atoms with Crippen LogP contribution in [0.4, 0.5) is 5.82 Å². The van der Waals surface area contributed by atoms with E-state index >= 15 is 0 Å². The normalized spacial score (nSPS) is 14.4. The van der Waals surface area contributed by atoms with Gasteiger partial charge in [0.1, 0.15) is 5.82 Å². The molecular weight excluding hydrogens is 408 g/mol. The highest BCUT2D eigenvalue weighted by molar-refractivity contribution is 5.77. The molecule has 1 aliphatic heterocycles. The molecule has 4 rings (SSSR count). The Morgan fingerprint density at radius 1 is 0.879 bits per heavy atom. The predicted molar refractivity (Wildman–Crippen MR) is 134 cm³/mol. The van der Waals surface area contributed by atoms with Gasteiger partial charge in [-0.2, -0.15) is 0 Å². The third-order valence-corrected chi connectivity index (χ3v) is 6.06. The SMILES string of the molecule is Cc1nc(-c2ccccc2)nc(N2CCN(C(=O)CC(C)(C)C)CC2)c1Cc1ccccc1. The molecule has 0 N–H and O–H groups in total. The third-order valence-electron chi connectivity index (χ3n) is 6.06. The van der Waals surface area contributed by atoms with Crippen molar-refractivity contribution in [3.63, 3.8) is 0 Å². The average molecular weight is 443 g/mol. The van der Waals surface area contributed by atoms with Crippen LogP contribution in [-0.4, -0.2) is 47.0 Å². The Hall–Kier alpha value is -3.21. The fourth-order valence-electron chi connectivity index (χ4n) is 4.30. The molecule has 0 radical (unpaired) electrons. The highest BCUT2D eigenvalue weighted by atomic mass is 16.2. The molecule has 5 heteroatoms. The highest BCUT2D eigenvalue weighted by Gasteiger charge is 2.27. The van der Waals surface area contributed by atoms with Gasteiger partial charge in [-0.15, -0.1) is 0 Å². The van der Waals surface area contributed by atoms with Gasteiger partial charge in [0.05, 0.1) is 0 Å². The summed E-state index contributed by atoms with van der Waals surface area (Å²) in [7, 11) is 0. The minimum Gasteiger partial charge on any atom is -0.353 e. The largest absolute Gasteiger partial charge is 0.353 e. The summed E-state index contributed by atoms with van der Waals surface area (Å²) in [6.45, 7) is 11.4. The van der Waals surface area contributed by atoms with E-state index < -0.39 is 0 Å². The number of hydrogen-bond acceptors (Lipinski definition) is 4. The van der Waals surface area contributed by atoms with Crippen molar-refractivity contribution in [2.24, 2.45) is 5.41 Å². The van der Waals surface area contributed by atoms with Crippen molar-refractivity contribution in [1.29, 1.82) is 0 Å². The molecule has 3 aromatic rings. The van der Waals surface area contributed by atoms with Crippen LogP contribution in [0.5, 0.6) is 0 Å². The molecule has 0 unspecified atom stereocenters. The quantitative estimate of drug-likeness (QED) is 0.550. The summed E-state index contributed by atoms with van der Waals surface area (Å²) >= 11 is 0. The van der Waals surface area contributed by atoms with E-state index in [1.54, 1.807) is 0 Å². The molecule has 0 bridgehead atoms. The van der Waals surface area contributed by atoms with Crippen LogP contribution in [0.2, 0.25) is 0 Å². The minimum absolute atomic E-state index is 0.00538. The second-order valence-corrected chi connectivity index (χ2v) is 10.1. The van der Waals surface area contributed by atoms with Crippen molar-refractivity contribution in [3.05, 3.63) is 77.5 Å². The molecule has 5 nitrogen and oxygen atoms in total. The van der Waals surface area contributed by atoms with Gasteiger partial charge in [-0.25, -0.2) is 9.97 Å². The van der Waals surface area contributed by atoms with Gasteiger partial charge in [0.25, 0.3) is 0 Å². The lowest BCUT2D eigenvalue weighted by molar-refractivity contribution is -0.133. The van der Waals surface area contributed by atoms with Crippen LogP contribution < -0.4 is 4.90 Å². The fourth-order valence-corrected chi connectivity index (χ4v) is 4.30. The molecule has 1 saturated heterocycles. The van der Waals surface area contributed by atoms with Gasteiger partial charge in [-0.1, -0.05) is 81.4 Å². The number of aryl methyl sites for hydroxylation is 1. The minimum atomic E-state index is 0.00538. The second kappa shape index (κ2) is 9.74. The first-order valence-electron chi connectivity index (χ1n) is 11.8. The number of anilines is 1. The van der Waals surface area contributed by atoms with Gasteiger partial charge in [0, 0.05) is 55.8 Å². The Labute approximate surface area is 197 Å². The molecule has 172 valence electrons. The zero-order chi connectivity index (χ0) is 23.4. The van der Waals surface area contributed by atoms with Crippen LogP contribution in [-0.2, 0) is 11.2 Å². The molecule has 1 aromatic heterocycles. The highest BCUT2D eigenvalue weighted by Crippen LogP contribution is 2.29. The topological polar surface area (TPSA) is 49.3 Å². The van der Waals surface area contributed by atoms with Crippen molar-refractivity contribution >= 4 is 11.7 Å². The average Bonchev–Trinajstić information content (AvgIpc) is 2.80. The monoisotopic (exact) mass is 442 g/mol. The van der Waals surface area contributed by atoms with Crippen LogP contribution in [0.25, 0.3) is 11.4 Å². The van der Waals surface area contributed by atoms with Gasteiger partial charge in [0.2, 0.25) is 5.91 Å². The summed E-state index contributed by atoms with van der Waals surface area (Å²) in [5, 5.41) is 0. The second-order valence-electron chi connectivity index (χ2n) is 10.1. The van der Waals surface area contributed by atoms with Gasteiger partial charge in [-0.05, 0) is 17.9 Å². The zero-order valence-electron chi connectivity index (χ0n) is 20.2. The van der Waals surface area contributed by atoms with E-state index in [9.17, 15) is 4.79 Å². The number of rotatable bonds is 5. The van der Waals surface area contributed by atoms with E-state index in [1.165, 1.54) is 5.56 Å². The standard InChI is InChI=1S/C28H34N4O/c1-21-24(19-22-11-7-5-8-12-22)27(30-26(29-21)23-13-9-6-10-14-23)32-17-15-31(16-18-32)25(33)20-28(2,3)4/h5-14H,15-20H2,1-4H3. The van der Waals surface area contributed by atoms with Crippen LogP contribution >= 0.6 is 0 Å². The lowest BCUT2D eigenvalue weighted by atomic mass is 9.91. The summed E-state index contributed by atoms with van der Waals surface area (Å²) in [5.74, 6) is 2.00. The van der Waals surface area contributed by atoms with E-state index in [0.29, 0.717) is 6.42 Å². The van der Waals surface area contributed by atoms with Crippen LogP contribution in [0, 0.1) is 12.3 Å². The first-order chi connectivity index (χ1) is 15.8. The Bertz CT molecular complexity index is 1080. The van der Waals surface area contributed by atoms with Crippen molar-refractivity contribution in [1.82, 2.24) is 14.9 Å². The third kappa shape index (κ3) is 5.78. The number of aromatic nitrogens is 2. The van der Waals surface area contributed by atoms with Gasteiger partial charge in [-0.3, -0.25) is 4.79 Å². The first-order valence-corrected chi connectivity index (χ1v) is 11.8. The molecule has 0 spiro atoms. The first kappa shape index (κ1) is 23.0. The van der Waals surface area contributed by atoms with Crippen molar-refractivity contribution in [3.8, 4) is 11.4 Å². The summed E-state index contributed by atoms with van der Waals surface area (Å²) < 4.78 is 0. The summed E-state index contributed by atoms with van der Waals surface area (Å²) in [6, 6.07) is 20.6. The molecule has 2 heterocycles. The van der Waals surface area contributed by atoms with E-state index in [1.807, 2.05) is 29.2 Å². The molecule has 0 saturated carbocycles. The Kier molecular flexibility index (Phi) is 6.77. The molecule has 0 aliphatic carbocycles. The Morgan fingerprint density at radius 3 is 2.09 bits per heavy atom. The Balaban J connectivity index is 1.62. The molecule has 2 aromatic carbocycles. The smallest absolute Gasteiger partial charge is 0.223 e. The Morgan fingerprint density at radius 2 is 1.48 bits per heavy atom. The molecule has 33 heavy (non-hydrogen) atoms. The van der Waals surface area contributed by atoms with E-state index in [4.69, 9.17) is 9.97 Å². The van der Waals surface area contributed by atoms with Crippen molar-refractivity contribution in [2.45, 2.75) is 40.5 Å². The summed E-state index contributed by atoms with van der Waals surface area (Å²) in [4.78, 5) is 27.0. The van der Waals surface area contributed by atoms with E-state index in [0.717, 1.165) is 61.1 Å². The number of carbonyl (C=O) groups is 1. The predicted octanol–water partition coefficient (Wildman–Crippen LogP) is 5.13. The molecule has 1 aliphatic rings. The van der Waals surface area contributed by atoms with Gasteiger partial charge >= 0.3 is 0 Å². The van der Waals surface area contributed by atoms with Crippen LogP contribution in [0.1, 0.15) is 44.0 Å². The van der Waals surface area contributed by atoms with Gasteiger partial charge < -0.3 is 9.80 Å². The maximum Gasteiger partial charge on any atom is 0.223 e. The fraction of sp³-hybridized carbons (Fsp3) is 0.393. The van der Waals surface area contributed by atoms with Crippen molar-refractivity contribution in [2.75, 3.05) is 31.1 Å².